The van der Waals surface area contributed by atoms with E-state index < -0.39 is 28.9 Å². The number of benzene rings is 3. The molecule has 0 aliphatic carbocycles. The maximum absolute atomic E-state index is 13.7. The van der Waals surface area contributed by atoms with Gasteiger partial charge >= 0.3 is 5.97 Å². The molecule has 0 bridgehead atoms. The lowest BCUT2D eigenvalue weighted by atomic mass is 10.1. The highest BCUT2D eigenvalue weighted by Crippen LogP contribution is 2.31. The van der Waals surface area contributed by atoms with Gasteiger partial charge in [0, 0.05) is 25.2 Å². The predicted molar refractivity (Wildman–Crippen MR) is 134 cm³/mol. The predicted octanol–water partition coefficient (Wildman–Crippen LogP) is 3.59. The zero-order chi connectivity index (χ0) is 25.5. The summed E-state index contributed by atoms with van der Waals surface area (Å²) in [5, 5.41) is 2.84. The van der Waals surface area contributed by atoms with Crippen molar-refractivity contribution >= 4 is 34.4 Å². The number of carbonyl (C=O) groups excluding carboxylic acids is 2. The molecule has 0 aromatic heterocycles. The maximum Gasteiger partial charge on any atom is 0.337 e. The lowest BCUT2D eigenvalue weighted by Gasteiger charge is -2.32. The van der Waals surface area contributed by atoms with Gasteiger partial charge in [-0.15, -0.1) is 0 Å². The van der Waals surface area contributed by atoms with Gasteiger partial charge < -0.3 is 14.8 Å². The van der Waals surface area contributed by atoms with Gasteiger partial charge in [-0.2, -0.15) is 0 Å². The first kappa shape index (κ1) is 25.5. The summed E-state index contributed by atoms with van der Waals surface area (Å²) in [6.45, 7) is 1.96. The molecule has 1 amide bonds. The second-order valence-corrected chi connectivity index (χ2v) is 9.31. The minimum Gasteiger partial charge on any atom is -0.465 e. The summed E-state index contributed by atoms with van der Waals surface area (Å²) in [4.78, 5) is 25.5. The van der Waals surface area contributed by atoms with Crippen molar-refractivity contribution in [2.24, 2.45) is 0 Å². The van der Waals surface area contributed by atoms with Crippen LogP contribution in [0.4, 0.5) is 15.8 Å². The number of halogens is 1. The standard InChI is InChI=1S/C26H26FN3O5S/c1-34-26(32)21-15-20(25(31)28-18-19-5-3-2-4-6-19)16-24(17-21)30(23-9-7-22(27)8-10-23)36(33)29-11-13-35-14-12-29/h2-10,15-17H,11-14,18H2,1H3,(H,28,31). The molecule has 1 unspecified atom stereocenters. The highest BCUT2D eigenvalue weighted by Gasteiger charge is 2.27. The summed E-state index contributed by atoms with van der Waals surface area (Å²) in [7, 11) is 1.24. The molecule has 4 rings (SSSR count). The number of methoxy groups -OCH3 is 1. The van der Waals surface area contributed by atoms with Crippen LogP contribution >= 0.6 is 0 Å². The molecule has 0 saturated carbocycles. The fourth-order valence-corrected chi connectivity index (χ4v) is 4.98. The number of esters is 1. The van der Waals surface area contributed by atoms with Crippen LogP contribution in [0, 0.1) is 5.82 Å². The zero-order valence-electron chi connectivity index (χ0n) is 19.7. The van der Waals surface area contributed by atoms with Crippen molar-refractivity contribution in [3.63, 3.8) is 0 Å². The molecule has 1 aliphatic rings. The van der Waals surface area contributed by atoms with Gasteiger partial charge in [0.1, 0.15) is 5.82 Å². The molecule has 1 fully saturated rings. The highest BCUT2D eigenvalue weighted by atomic mass is 32.2. The molecular formula is C26H26FN3O5S. The monoisotopic (exact) mass is 511 g/mol. The Morgan fingerprint density at radius 2 is 1.67 bits per heavy atom. The zero-order valence-corrected chi connectivity index (χ0v) is 20.5. The number of hydrogen-bond donors (Lipinski definition) is 1. The Morgan fingerprint density at radius 1 is 1.00 bits per heavy atom. The lowest BCUT2D eigenvalue weighted by molar-refractivity contribution is 0.0600. The third kappa shape index (κ3) is 6.14. The molecule has 1 atom stereocenters. The van der Waals surface area contributed by atoms with Crippen molar-refractivity contribution < 1.29 is 27.7 Å². The van der Waals surface area contributed by atoms with E-state index >= 15 is 0 Å². The second-order valence-electron chi connectivity index (χ2n) is 7.97. The summed E-state index contributed by atoms with van der Waals surface area (Å²) >= 11 is -1.75. The van der Waals surface area contributed by atoms with Gasteiger partial charge in [0.15, 0.2) is 0 Å². The first-order valence-electron chi connectivity index (χ1n) is 11.3. The summed E-state index contributed by atoms with van der Waals surface area (Å²) in [5.74, 6) is -1.51. The van der Waals surface area contributed by atoms with Crippen molar-refractivity contribution in [1.29, 1.82) is 0 Å². The summed E-state index contributed by atoms with van der Waals surface area (Å²) in [5.41, 5.74) is 1.97. The lowest BCUT2D eigenvalue weighted by Crippen LogP contribution is -2.43. The van der Waals surface area contributed by atoms with Crippen molar-refractivity contribution in [2.75, 3.05) is 37.7 Å². The van der Waals surface area contributed by atoms with Crippen LogP contribution in [0.1, 0.15) is 26.3 Å². The molecule has 0 radical (unpaired) electrons. The van der Waals surface area contributed by atoms with E-state index in [0.29, 0.717) is 44.2 Å². The minimum absolute atomic E-state index is 0.117. The summed E-state index contributed by atoms with van der Waals surface area (Å²) in [6.07, 6.45) is 0. The first-order valence-corrected chi connectivity index (χ1v) is 12.4. The Labute approximate surface area is 211 Å². The third-order valence-corrected chi connectivity index (χ3v) is 7.08. The smallest absolute Gasteiger partial charge is 0.337 e. The summed E-state index contributed by atoms with van der Waals surface area (Å²) < 4.78 is 40.9. The molecule has 3 aromatic carbocycles. The Hall–Kier alpha value is -3.60. The Balaban J connectivity index is 1.73. The summed E-state index contributed by atoms with van der Waals surface area (Å²) in [6, 6.07) is 19.4. The van der Waals surface area contributed by atoms with Crippen molar-refractivity contribution in [3.8, 4) is 0 Å². The molecule has 36 heavy (non-hydrogen) atoms. The number of carbonyl (C=O) groups is 2. The Bertz CT molecular complexity index is 1230. The molecule has 1 heterocycles. The quantitative estimate of drug-likeness (QED) is 0.467. The van der Waals surface area contributed by atoms with E-state index in [4.69, 9.17) is 9.47 Å². The van der Waals surface area contributed by atoms with E-state index in [1.54, 1.807) is 10.4 Å². The number of anilines is 2. The second kappa shape index (κ2) is 11.9. The number of nitrogens with zero attached hydrogens (tertiary/aromatic N) is 2. The van der Waals surface area contributed by atoms with Gasteiger partial charge in [-0.3, -0.25) is 4.79 Å². The Morgan fingerprint density at radius 3 is 2.33 bits per heavy atom. The van der Waals surface area contributed by atoms with Crippen molar-refractivity contribution in [1.82, 2.24) is 9.62 Å². The molecule has 8 nitrogen and oxygen atoms in total. The molecule has 0 spiro atoms. The van der Waals surface area contributed by atoms with E-state index in [2.05, 4.69) is 5.32 Å². The highest BCUT2D eigenvalue weighted by molar-refractivity contribution is 7.84. The van der Waals surface area contributed by atoms with Gasteiger partial charge in [0.2, 0.25) is 11.2 Å². The van der Waals surface area contributed by atoms with E-state index in [1.165, 1.54) is 47.8 Å². The third-order valence-electron chi connectivity index (χ3n) is 5.54. The first-order chi connectivity index (χ1) is 17.5. The molecule has 1 aliphatic heterocycles. The van der Waals surface area contributed by atoms with Crippen LogP contribution < -0.4 is 9.62 Å². The minimum atomic E-state index is -1.75. The number of rotatable bonds is 8. The average Bonchev–Trinajstić information content (AvgIpc) is 2.93. The van der Waals surface area contributed by atoms with Gasteiger partial charge in [0.05, 0.1) is 37.3 Å². The van der Waals surface area contributed by atoms with Crippen LogP contribution in [0.15, 0.2) is 72.8 Å². The molecule has 3 aromatic rings. The van der Waals surface area contributed by atoms with Crippen LogP contribution in [0.2, 0.25) is 0 Å². The average molecular weight is 512 g/mol. The number of nitrogens with one attached hydrogen (secondary N) is 1. The normalized spacial score (nSPS) is 14.6. The van der Waals surface area contributed by atoms with E-state index in [-0.39, 0.29) is 11.1 Å². The molecule has 188 valence electrons. The number of ether oxygens (including phenoxy) is 2. The van der Waals surface area contributed by atoms with Gasteiger partial charge in [0.25, 0.3) is 5.91 Å². The van der Waals surface area contributed by atoms with Crippen LogP contribution in [-0.2, 0) is 27.2 Å². The van der Waals surface area contributed by atoms with Gasteiger partial charge in [-0.25, -0.2) is 22.0 Å². The maximum atomic E-state index is 13.7. The topological polar surface area (TPSA) is 88.2 Å². The van der Waals surface area contributed by atoms with Crippen LogP contribution in [-0.4, -0.2) is 53.8 Å². The van der Waals surface area contributed by atoms with Crippen LogP contribution in [0.5, 0.6) is 0 Å². The molecule has 10 heteroatoms. The molecule has 1 saturated heterocycles. The fraction of sp³-hybridized carbons (Fsp3) is 0.231. The molecule has 1 N–H and O–H groups in total. The van der Waals surface area contributed by atoms with Gasteiger partial charge in [-0.1, -0.05) is 30.3 Å². The number of hydrogen-bond acceptors (Lipinski definition) is 5. The Kier molecular flexibility index (Phi) is 8.42. The van der Waals surface area contributed by atoms with Crippen LogP contribution in [0.3, 0.4) is 0 Å². The number of amides is 1. The van der Waals surface area contributed by atoms with E-state index in [9.17, 15) is 18.2 Å². The molecular weight excluding hydrogens is 485 g/mol. The van der Waals surface area contributed by atoms with Crippen LogP contribution in [0.25, 0.3) is 0 Å². The number of morpholine rings is 1. The fourth-order valence-electron chi connectivity index (χ4n) is 3.70. The van der Waals surface area contributed by atoms with Crippen molar-refractivity contribution in [2.45, 2.75) is 6.54 Å². The largest absolute Gasteiger partial charge is 0.465 e. The SMILES string of the molecule is COC(=O)c1cc(C(=O)NCc2ccccc2)cc(N(c2ccc(F)cc2)S(=O)N2CCOCC2)c1. The van der Waals surface area contributed by atoms with E-state index in [0.717, 1.165) is 5.56 Å². The van der Waals surface area contributed by atoms with Crippen molar-refractivity contribution in [3.05, 3.63) is 95.3 Å². The van der Waals surface area contributed by atoms with E-state index in [1.807, 2.05) is 30.3 Å². The van der Waals surface area contributed by atoms with Gasteiger partial charge in [-0.05, 0) is 48.0 Å².